The Balaban J connectivity index is 1.71. The zero-order valence-corrected chi connectivity index (χ0v) is 13.7. The maximum Gasteiger partial charge on any atom is 0.416 e. The lowest BCUT2D eigenvalue weighted by molar-refractivity contribution is -0.137. The molecule has 7 heteroatoms. The molecule has 0 aliphatic carbocycles. The van der Waals surface area contributed by atoms with E-state index in [1.807, 2.05) is 24.3 Å². The number of hydrogen-bond donors (Lipinski definition) is 2. The van der Waals surface area contributed by atoms with Crippen LogP contribution in [0.1, 0.15) is 17.5 Å². The lowest BCUT2D eigenvalue weighted by Gasteiger charge is -2.10. The van der Waals surface area contributed by atoms with Crippen LogP contribution in [0.5, 0.6) is 5.75 Å². The molecule has 0 saturated carbocycles. The fourth-order valence-corrected chi connectivity index (χ4v) is 2.13. The number of amides is 1. The van der Waals surface area contributed by atoms with Gasteiger partial charge in [0.15, 0.2) is 0 Å². The Morgan fingerprint density at radius 3 is 2.24 bits per heavy atom. The molecule has 0 fully saturated rings. The van der Waals surface area contributed by atoms with Gasteiger partial charge in [0, 0.05) is 25.2 Å². The van der Waals surface area contributed by atoms with Gasteiger partial charge < -0.3 is 15.4 Å². The summed E-state index contributed by atoms with van der Waals surface area (Å²) >= 11 is 0. The third kappa shape index (κ3) is 6.02. The van der Waals surface area contributed by atoms with Gasteiger partial charge in [0.05, 0.1) is 12.7 Å². The van der Waals surface area contributed by atoms with Crippen LogP contribution >= 0.6 is 0 Å². The van der Waals surface area contributed by atoms with Crippen molar-refractivity contribution in [2.24, 2.45) is 0 Å². The molecular formula is C18H19F3N2O2. The van der Waals surface area contributed by atoms with Crippen LogP contribution in [0, 0.1) is 0 Å². The second kappa shape index (κ2) is 8.41. The molecule has 0 unspecified atom stereocenters. The van der Waals surface area contributed by atoms with Gasteiger partial charge in [-0.05, 0) is 42.0 Å². The number of alkyl halides is 3. The normalized spacial score (nSPS) is 11.0. The van der Waals surface area contributed by atoms with Crippen molar-refractivity contribution in [1.82, 2.24) is 5.32 Å². The van der Waals surface area contributed by atoms with Crippen molar-refractivity contribution < 1.29 is 22.7 Å². The summed E-state index contributed by atoms with van der Waals surface area (Å²) in [4.78, 5) is 11.8. The number of hydrogen-bond acceptors (Lipinski definition) is 3. The van der Waals surface area contributed by atoms with E-state index in [1.54, 1.807) is 7.11 Å². The first-order chi connectivity index (χ1) is 11.9. The first-order valence-electron chi connectivity index (χ1n) is 7.69. The molecule has 0 bridgehead atoms. The molecule has 0 atom stereocenters. The Hall–Kier alpha value is -2.70. The van der Waals surface area contributed by atoms with Crippen molar-refractivity contribution in [1.29, 1.82) is 0 Å². The van der Waals surface area contributed by atoms with Gasteiger partial charge >= 0.3 is 6.18 Å². The molecule has 0 spiro atoms. The molecule has 2 aromatic rings. The van der Waals surface area contributed by atoms with E-state index in [1.165, 1.54) is 12.1 Å². The Morgan fingerprint density at radius 2 is 1.68 bits per heavy atom. The van der Waals surface area contributed by atoms with E-state index in [2.05, 4.69) is 10.6 Å². The van der Waals surface area contributed by atoms with Crippen LogP contribution in [0.3, 0.4) is 0 Å². The Kier molecular flexibility index (Phi) is 6.27. The second-order valence-electron chi connectivity index (χ2n) is 5.38. The van der Waals surface area contributed by atoms with Crippen LogP contribution in [-0.4, -0.2) is 19.6 Å². The molecule has 2 aromatic carbocycles. The van der Waals surface area contributed by atoms with Gasteiger partial charge in [-0.25, -0.2) is 0 Å². The van der Waals surface area contributed by atoms with Gasteiger partial charge in [-0.1, -0.05) is 12.1 Å². The topological polar surface area (TPSA) is 50.4 Å². The predicted molar refractivity (Wildman–Crippen MR) is 89.4 cm³/mol. The number of halogens is 3. The van der Waals surface area contributed by atoms with E-state index in [4.69, 9.17) is 4.74 Å². The maximum absolute atomic E-state index is 12.5. The minimum Gasteiger partial charge on any atom is -0.497 e. The van der Waals surface area contributed by atoms with Gasteiger partial charge in [0.25, 0.3) is 0 Å². The zero-order chi connectivity index (χ0) is 18.3. The van der Waals surface area contributed by atoms with E-state index in [-0.39, 0.29) is 12.3 Å². The van der Waals surface area contributed by atoms with Gasteiger partial charge in [0.2, 0.25) is 5.91 Å². The molecule has 25 heavy (non-hydrogen) atoms. The summed E-state index contributed by atoms with van der Waals surface area (Å²) in [5, 5.41) is 5.71. The summed E-state index contributed by atoms with van der Waals surface area (Å²) in [5.41, 5.74) is 0.788. The molecule has 0 aromatic heterocycles. The van der Waals surface area contributed by atoms with Crippen LogP contribution in [0.4, 0.5) is 18.9 Å². The Morgan fingerprint density at radius 1 is 1.04 bits per heavy atom. The molecule has 2 rings (SSSR count). The molecule has 4 nitrogen and oxygen atoms in total. The summed E-state index contributed by atoms with van der Waals surface area (Å²) in [6.45, 7) is 0.739. The highest BCUT2D eigenvalue weighted by Gasteiger charge is 2.29. The lowest BCUT2D eigenvalue weighted by atomic mass is 10.2. The molecule has 0 radical (unpaired) electrons. The maximum atomic E-state index is 12.5. The van der Waals surface area contributed by atoms with Crippen LogP contribution < -0.4 is 15.4 Å². The predicted octanol–water partition coefficient (Wildman–Crippen LogP) is 3.83. The van der Waals surface area contributed by atoms with Crippen LogP contribution in [0.15, 0.2) is 48.5 Å². The van der Waals surface area contributed by atoms with Crippen molar-refractivity contribution in [3.63, 3.8) is 0 Å². The van der Waals surface area contributed by atoms with Crippen LogP contribution in [-0.2, 0) is 17.5 Å². The number of anilines is 1. The van der Waals surface area contributed by atoms with Crippen molar-refractivity contribution in [3.8, 4) is 5.75 Å². The monoisotopic (exact) mass is 352 g/mol. The Bertz CT molecular complexity index is 683. The standard InChI is InChI=1S/C18H19F3N2O2/c1-25-16-8-2-13(3-9-16)12-23-17(24)10-11-22-15-6-4-14(5-7-15)18(19,20)21/h2-9,22H,10-12H2,1H3,(H,23,24). The van der Waals surface area contributed by atoms with Gasteiger partial charge in [-0.3, -0.25) is 4.79 Å². The third-order valence-corrected chi connectivity index (χ3v) is 3.54. The summed E-state index contributed by atoms with van der Waals surface area (Å²) in [6, 6.07) is 12.1. The number of carbonyl (C=O) groups is 1. The van der Waals surface area contributed by atoms with E-state index in [9.17, 15) is 18.0 Å². The van der Waals surface area contributed by atoms with E-state index < -0.39 is 11.7 Å². The number of ether oxygens (including phenoxy) is 1. The molecule has 2 N–H and O–H groups in total. The fourth-order valence-electron chi connectivity index (χ4n) is 2.13. The number of carbonyl (C=O) groups excluding carboxylic acids is 1. The fraction of sp³-hybridized carbons (Fsp3) is 0.278. The largest absolute Gasteiger partial charge is 0.497 e. The minimum absolute atomic E-state index is 0.143. The average molecular weight is 352 g/mol. The van der Waals surface area contributed by atoms with Gasteiger partial charge in [-0.2, -0.15) is 13.2 Å². The molecule has 0 aliphatic heterocycles. The number of nitrogens with one attached hydrogen (secondary N) is 2. The number of methoxy groups -OCH3 is 1. The van der Waals surface area contributed by atoms with Crippen molar-refractivity contribution in [2.45, 2.75) is 19.1 Å². The third-order valence-electron chi connectivity index (χ3n) is 3.54. The summed E-state index contributed by atoms with van der Waals surface area (Å²) in [5.74, 6) is 0.603. The summed E-state index contributed by atoms with van der Waals surface area (Å²) in [7, 11) is 1.58. The highest BCUT2D eigenvalue weighted by molar-refractivity contribution is 5.76. The second-order valence-corrected chi connectivity index (χ2v) is 5.38. The smallest absolute Gasteiger partial charge is 0.416 e. The van der Waals surface area contributed by atoms with Crippen molar-refractivity contribution >= 4 is 11.6 Å². The average Bonchev–Trinajstić information content (AvgIpc) is 2.60. The highest BCUT2D eigenvalue weighted by atomic mass is 19.4. The SMILES string of the molecule is COc1ccc(CNC(=O)CCNc2ccc(C(F)(F)F)cc2)cc1. The highest BCUT2D eigenvalue weighted by Crippen LogP contribution is 2.29. The van der Waals surface area contributed by atoms with Crippen molar-refractivity contribution in [3.05, 3.63) is 59.7 Å². The van der Waals surface area contributed by atoms with Gasteiger partial charge in [0.1, 0.15) is 5.75 Å². The summed E-state index contributed by atoms with van der Waals surface area (Å²) < 4.78 is 42.5. The molecule has 0 saturated heterocycles. The van der Waals surface area contributed by atoms with Crippen LogP contribution in [0.2, 0.25) is 0 Å². The zero-order valence-electron chi connectivity index (χ0n) is 13.7. The lowest BCUT2D eigenvalue weighted by Crippen LogP contribution is -2.24. The molecule has 1 amide bonds. The number of rotatable bonds is 7. The van der Waals surface area contributed by atoms with E-state index in [0.717, 1.165) is 23.4 Å². The van der Waals surface area contributed by atoms with E-state index >= 15 is 0 Å². The first kappa shape index (κ1) is 18.6. The molecule has 0 aliphatic rings. The van der Waals surface area contributed by atoms with Crippen molar-refractivity contribution in [2.75, 3.05) is 19.0 Å². The van der Waals surface area contributed by atoms with E-state index in [0.29, 0.717) is 18.8 Å². The van der Waals surface area contributed by atoms with Gasteiger partial charge in [-0.15, -0.1) is 0 Å². The molecule has 0 heterocycles. The minimum atomic E-state index is -4.35. The number of benzene rings is 2. The summed E-state index contributed by atoms with van der Waals surface area (Å²) in [6.07, 6.45) is -4.13. The quantitative estimate of drug-likeness (QED) is 0.796. The Labute approximate surface area is 144 Å². The first-order valence-corrected chi connectivity index (χ1v) is 7.69. The van der Waals surface area contributed by atoms with Crippen LogP contribution in [0.25, 0.3) is 0 Å². The molecule has 134 valence electrons. The molecular weight excluding hydrogens is 333 g/mol.